The van der Waals surface area contributed by atoms with Gasteiger partial charge in [0.05, 0.1) is 11.9 Å². The zero-order chi connectivity index (χ0) is 19.3. The smallest absolute Gasteiger partial charge is 0.215 e. The van der Waals surface area contributed by atoms with Crippen LogP contribution in [-0.4, -0.2) is 15.9 Å². The summed E-state index contributed by atoms with van der Waals surface area (Å²) < 4.78 is 2.07. The van der Waals surface area contributed by atoms with E-state index < -0.39 is 0 Å². The molecule has 0 aliphatic heterocycles. The Morgan fingerprint density at radius 2 is 1.61 bits per heavy atom. The fraction of sp³-hybridized carbons (Fsp3) is 0. The minimum atomic E-state index is 0.224. The van der Waals surface area contributed by atoms with E-state index in [0.717, 1.165) is 27.3 Å². The second-order valence-electron chi connectivity index (χ2n) is 6.02. The van der Waals surface area contributed by atoms with Crippen molar-refractivity contribution in [3.8, 4) is 22.7 Å². The van der Waals surface area contributed by atoms with Gasteiger partial charge in [0.25, 0.3) is 0 Å². The van der Waals surface area contributed by atoms with Crippen molar-refractivity contribution in [2.45, 2.75) is 0 Å². The van der Waals surface area contributed by atoms with Crippen LogP contribution < -0.4 is 4.80 Å². The van der Waals surface area contributed by atoms with Crippen molar-refractivity contribution in [3.05, 3.63) is 99.6 Å². The van der Waals surface area contributed by atoms with Crippen LogP contribution in [0.1, 0.15) is 5.56 Å². The SMILES string of the molecule is Oc1ccc(C=NN=c2scc(-c3ccc(Cl)cc3)n2-c2ccccc2)cc1. The number of aromatic hydroxyl groups is 1. The Kier molecular flexibility index (Phi) is 5.37. The van der Waals surface area contributed by atoms with Crippen molar-refractivity contribution in [1.29, 1.82) is 0 Å². The van der Waals surface area contributed by atoms with E-state index in [0.29, 0.717) is 5.02 Å². The lowest BCUT2D eigenvalue weighted by molar-refractivity contribution is 0.475. The van der Waals surface area contributed by atoms with Gasteiger partial charge in [0.15, 0.2) is 0 Å². The van der Waals surface area contributed by atoms with Gasteiger partial charge in [-0.25, -0.2) is 0 Å². The maximum atomic E-state index is 9.37. The molecule has 6 heteroatoms. The van der Waals surface area contributed by atoms with Crippen molar-refractivity contribution in [2.24, 2.45) is 10.2 Å². The average Bonchev–Trinajstić information content (AvgIpc) is 3.14. The lowest BCUT2D eigenvalue weighted by atomic mass is 10.1. The van der Waals surface area contributed by atoms with Crippen molar-refractivity contribution >= 4 is 29.2 Å². The van der Waals surface area contributed by atoms with Crippen LogP contribution in [0, 0.1) is 0 Å². The number of halogens is 1. The van der Waals surface area contributed by atoms with Crippen molar-refractivity contribution in [2.75, 3.05) is 0 Å². The summed E-state index contributed by atoms with van der Waals surface area (Å²) in [6, 6.07) is 24.6. The van der Waals surface area contributed by atoms with Crippen LogP contribution in [0.3, 0.4) is 0 Å². The molecule has 0 aliphatic rings. The van der Waals surface area contributed by atoms with E-state index in [1.807, 2.05) is 54.6 Å². The third-order valence-electron chi connectivity index (χ3n) is 4.11. The van der Waals surface area contributed by atoms with Gasteiger partial charge in [0.1, 0.15) is 5.75 Å². The second-order valence-corrected chi connectivity index (χ2v) is 7.29. The van der Waals surface area contributed by atoms with E-state index in [1.54, 1.807) is 30.5 Å². The largest absolute Gasteiger partial charge is 0.508 e. The minimum absolute atomic E-state index is 0.224. The van der Waals surface area contributed by atoms with E-state index in [1.165, 1.54) is 11.3 Å². The predicted molar refractivity (Wildman–Crippen MR) is 115 cm³/mol. The van der Waals surface area contributed by atoms with Gasteiger partial charge in [0, 0.05) is 16.1 Å². The zero-order valence-electron chi connectivity index (χ0n) is 14.7. The van der Waals surface area contributed by atoms with Crippen LogP contribution in [0.2, 0.25) is 5.02 Å². The predicted octanol–water partition coefficient (Wildman–Crippen LogP) is 5.50. The highest BCUT2D eigenvalue weighted by atomic mass is 35.5. The van der Waals surface area contributed by atoms with E-state index in [4.69, 9.17) is 11.6 Å². The molecule has 0 unspecified atom stereocenters. The highest BCUT2D eigenvalue weighted by molar-refractivity contribution is 7.07. The van der Waals surface area contributed by atoms with Gasteiger partial charge in [-0.05, 0) is 59.7 Å². The van der Waals surface area contributed by atoms with Gasteiger partial charge >= 0.3 is 0 Å². The number of rotatable bonds is 4. The molecular weight excluding hydrogens is 390 g/mol. The topological polar surface area (TPSA) is 49.9 Å². The summed E-state index contributed by atoms with van der Waals surface area (Å²) in [5, 5.41) is 20.8. The molecule has 28 heavy (non-hydrogen) atoms. The first kappa shape index (κ1) is 18.2. The third-order valence-corrected chi connectivity index (χ3v) is 5.17. The molecule has 0 bridgehead atoms. The van der Waals surface area contributed by atoms with Gasteiger partial charge in [-0.15, -0.1) is 16.4 Å². The number of hydrogen-bond donors (Lipinski definition) is 1. The summed E-state index contributed by atoms with van der Waals surface area (Å²) in [5.74, 6) is 0.224. The van der Waals surface area contributed by atoms with Crippen LogP contribution in [0.5, 0.6) is 5.75 Å². The second kappa shape index (κ2) is 8.25. The summed E-state index contributed by atoms with van der Waals surface area (Å²) in [4.78, 5) is 0.756. The quantitative estimate of drug-likeness (QED) is 0.353. The van der Waals surface area contributed by atoms with Gasteiger partial charge in [-0.3, -0.25) is 4.57 Å². The van der Waals surface area contributed by atoms with Crippen LogP contribution >= 0.6 is 22.9 Å². The minimum Gasteiger partial charge on any atom is -0.508 e. The van der Waals surface area contributed by atoms with Gasteiger partial charge in [0.2, 0.25) is 4.80 Å². The molecule has 4 nitrogen and oxygen atoms in total. The molecule has 1 aromatic heterocycles. The fourth-order valence-corrected chi connectivity index (χ4v) is 3.72. The first-order valence-corrected chi connectivity index (χ1v) is 9.84. The maximum absolute atomic E-state index is 9.37. The Hall–Kier alpha value is -3.15. The molecule has 0 amide bonds. The van der Waals surface area contributed by atoms with E-state index in [2.05, 4.69) is 20.1 Å². The number of thiazole rings is 1. The molecule has 0 spiro atoms. The van der Waals surface area contributed by atoms with Crippen LogP contribution in [0.4, 0.5) is 0 Å². The van der Waals surface area contributed by atoms with Crippen LogP contribution in [-0.2, 0) is 0 Å². The summed E-state index contributed by atoms with van der Waals surface area (Å²) in [5.41, 5.74) is 3.94. The van der Waals surface area contributed by atoms with Gasteiger partial charge < -0.3 is 5.11 Å². The lowest BCUT2D eigenvalue weighted by Crippen LogP contribution is -2.13. The lowest BCUT2D eigenvalue weighted by Gasteiger charge is -2.09. The highest BCUT2D eigenvalue weighted by Crippen LogP contribution is 2.24. The van der Waals surface area contributed by atoms with E-state index >= 15 is 0 Å². The Bertz CT molecular complexity index is 1160. The Morgan fingerprint density at radius 3 is 2.32 bits per heavy atom. The van der Waals surface area contributed by atoms with Crippen LogP contribution in [0.15, 0.2) is 94.4 Å². The van der Waals surface area contributed by atoms with Crippen molar-refractivity contribution in [1.82, 2.24) is 4.57 Å². The molecule has 0 aliphatic carbocycles. The monoisotopic (exact) mass is 405 g/mol. The molecule has 0 radical (unpaired) electrons. The molecule has 0 saturated heterocycles. The number of phenols is 1. The number of nitrogens with zero attached hydrogens (tertiary/aromatic N) is 3. The molecular formula is C22H16ClN3OS. The normalized spacial score (nSPS) is 12.0. The van der Waals surface area contributed by atoms with E-state index in [9.17, 15) is 5.11 Å². The Labute approximate surface area is 171 Å². The summed E-state index contributed by atoms with van der Waals surface area (Å²) >= 11 is 7.56. The Morgan fingerprint density at radius 1 is 0.893 bits per heavy atom. The third kappa shape index (κ3) is 4.06. The molecule has 4 aromatic rings. The number of para-hydroxylation sites is 1. The van der Waals surface area contributed by atoms with Crippen molar-refractivity contribution < 1.29 is 5.11 Å². The van der Waals surface area contributed by atoms with Gasteiger partial charge in [-0.1, -0.05) is 41.9 Å². The molecule has 1 heterocycles. The number of phenolic OH excluding ortho intramolecular Hbond substituents is 1. The zero-order valence-corrected chi connectivity index (χ0v) is 16.3. The summed E-state index contributed by atoms with van der Waals surface area (Å²) in [6.07, 6.45) is 1.66. The highest BCUT2D eigenvalue weighted by Gasteiger charge is 2.10. The molecule has 0 saturated carbocycles. The average molecular weight is 406 g/mol. The standard InChI is InChI=1S/C22H16ClN3OS/c23-18-10-8-17(9-11-18)21-15-28-22(26(21)19-4-2-1-3-5-19)25-24-14-16-6-12-20(27)13-7-16/h1-15,27H. The first-order chi connectivity index (χ1) is 13.7. The molecule has 0 fully saturated rings. The number of benzene rings is 3. The first-order valence-electron chi connectivity index (χ1n) is 8.59. The number of hydrogen-bond acceptors (Lipinski definition) is 4. The molecule has 0 atom stereocenters. The molecule has 1 N–H and O–H groups in total. The fourth-order valence-electron chi connectivity index (χ4n) is 2.73. The molecule has 3 aromatic carbocycles. The Balaban J connectivity index is 1.79. The summed E-state index contributed by atoms with van der Waals surface area (Å²) in [6.45, 7) is 0. The summed E-state index contributed by atoms with van der Waals surface area (Å²) in [7, 11) is 0. The number of aromatic nitrogens is 1. The van der Waals surface area contributed by atoms with Crippen LogP contribution in [0.25, 0.3) is 16.9 Å². The molecule has 138 valence electrons. The maximum Gasteiger partial charge on any atom is 0.215 e. The van der Waals surface area contributed by atoms with E-state index in [-0.39, 0.29) is 5.75 Å². The molecule has 4 rings (SSSR count). The van der Waals surface area contributed by atoms with Crippen molar-refractivity contribution in [3.63, 3.8) is 0 Å². The van der Waals surface area contributed by atoms with Gasteiger partial charge in [-0.2, -0.15) is 5.10 Å².